The molecule has 0 saturated heterocycles. The van der Waals surface area contributed by atoms with Crippen LogP contribution in [0.1, 0.15) is 53.4 Å². The second-order valence-corrected chi connectivity index (χ2v) is 5.98. The van der Waals surface area contributed by atoms with Crippen LogP contribution in [0, 0.1) is 0 Å². The third kappa shape index (κ3) is 4.45. The SMILES string of the molecule is CCCC(C)(C)NC1=NC(CC)CCS1. The molecule has 0 fully saturated rings. The minimum atomic E-state index is 0.191. The van der Waals surface area contributed by atoms with Crippen molar-refractivity contribution >= 4 is 16.9 Å². The molecule has 1 heterocycles. The summed E-state index contributed by atoms with van der Waals surface area (Å²) in [7, 11) is 0. The summed E-state index contributed by atoms with van der Waals surface area (Å²) in [6.07, 6.45) is 4.82. The van der Waals surface area contributed by atoms with E-state index >= 15 is 0 Å². The van der Waals surface area contributed by atoms with E-state index in [2.05, 4.69) is 33.0 Å². The van der Waals surface area contributed by atoms with Crippen LogP contribution in [0.25, 0.3) is 0 Å². The van der Waals surface area contributed by atoms with Gasteiger partial charge in [-0.3, -0.25) is 4.99 Å². The lowest BCUT2D eigenvalue weighted by Crippen LogP contribution is -2.43. The van der Waals surface area contributed by atoms with Crippen molar-refractivity contribution in [1.29, 1.82) is 0 Å². The zero-order chi connectivity index (χ0) is 11.3. The Morgan fingerprint density at radius 3 is 2.80 bits per heavy atom. The van der Waals surface area contributed by atoms with Crippen LogP contribution < -0.4 is 5.32 Å². The highest BCUT2D eigenvalue weighted by atomic mass is 32.2. The summed E-state index contributed by atoms with van der Waals surface area (Å²) in [5, 5.41) is 4.73. The van der Waals surface area contributed by atoms with Crippen LogP contribution in [0.5, 0.6) is 0 Å². The second kappa shape index (κ2) is 5.78. The monoisotopic (exact) mass is 228 g/mol. The summed E-state index contributed by atoms with van der Waals surface area (Å²) < 4.78 is 0. The van der Waals surface area contributed by atoms with Gasteiger partial charge < -0.3 is 5.32 Å². The fourth-order valence-corrected chi connectivity index (χ4v) is 3.06. The average molecular weight is 228 g/mol. The highest BCUT2D eigenvalue weighted by molar-refractivity contribution is 8.13. The smallest absolute Gasteiger partial charge is 0.157 e. The molecule has 1 rings (SSSR count). The predicted molar refractivity (Wildman–Crippen MR) is 70.7 cm³/mol. The van der Waals surface area contributed by atoms with Crippen molar-refractivity contribution in [3.63, 3.8) is 0 Å². The fraction of sp³-hybridized carbons (Fsp3) is 0.917. The fourth-order valence-electron chi connectivity index (χ4n) is 1.90. The molecule has 2 nitrogen and oxygen atoms in total. The summed E-state index contributed by atoms with van der Waals surface area (Å²) in [6.45, 7) is 8.97. The molecule has 0 aromatic carbocycles. The first-order valence-electron chi connectivity index (χ1n) is 6.06. The number of nitrogens with one attached hydrogen (secondary N) is 1. The van der Waals surface area contributed by atoms with Crippen LogP contribution in [0.4, 0.5) is 0 Å². The van der Waals surface area contributed by atoms with Crippen LogP contribution >= 0.6 is 11.8 Å². The number of hydrogen-bond acceptors (Lipinski definition) is 3. The van der Waals surface area contributed by atoms with Crippen molar-refractivity contribution in [1.82, 2.24) is 5.32 Å². The maximum atomic E-state index is 4.74. The maximum absolute atomic E-state index is 4.74. The van der Waals surface area contributed by atoms with E-state index in [1.165, 1.54) is 31.4 Å². The van der Waals surface area contributed by atoms with E-state index in [-0.39, 0.29) is 5.54 Å². The van der Waals surface area contributed by atoms with Crippen molar-refractivity contribution in [2.45, 2.75) is 65.0 Å². The Hall–Kier alpha value is -0.180. The Morgan fingerprint density at radius 1 is 1.47 bits per heavy atom. The van der Waals surface area contributed by atoms with Gasteiger partial charge in [-0.2, -0.15) is 0 Å². The first kappa shape index (κ1) is 12.9. The summed E-state index contributed by atoms with van der Waals surface area (Å²) in [4.78, 5) is 4.74. The van der Waals surface area contributed by atoms with Gasteiger partial charge in [0, 0.05) is 11.3 Å². The van der Waals surface area contributed by atoms with Gasteiger partial charge in [0.05, 0.1) is 6.04 Å². The van der Waals surface area contributed by atoms with E-state index in [9.17, 15) is 0 Å². The van der Waals surface area contributed by atoms with Crippen LogP contribution in [0.15, 0.2) is 4.99 Å². The molecule has 0 bridgehead atoms. The van der Waals surface area contributed by atoms with Crippen molar-refractivity contribution < 1.29 is 0 Å². The van der Waals surface area contributed by atoms with Crippen molar-refractivity contribution in [2.24, 2.45) is 4.99 Å². The molecule has 3 heteroatoms. The van der Waals surface area contributed by atoms with Crippen molar-refractivity contribution in [3.8, 4) is 0 Å². The van der Waals surface area contributed by atoms with Crippen LogP contribution in [-0.2, 0) is 0 Å². The normalized spacial score (nSPS) is 22.4. The molecule has 0 amide bonds. The molecule has 1 aliphatic rings. The number of nitrogens with zero attached hydrogens (tertiary/aromatic N) is 1. The van der Waals surface area contributed by atoms with Gasteiger partial charge in [-0.1, -0.05) is 32.0 Å². The molecular formula is C12H24N2S. The molecule has 1 aliphatic heterocycles. The quantitative estimate of drug-likeness (QED) is 0.797. The zero-order valence-electron chi connectivity index (χ0n) is 10.5. The standard InChI is InChI=1S/C12H24N2S/c1-5-8-12(3,4)14-11-13-10(6-2)7-9-15-11/h10H,5-9H2,1-4H3,(H,13,14). The van der Waals surface area contributed by atoms with Crippen LogP contribution in [-0.4, -0.2) is 22.5 Å². The Morgan fingerprint density at radius 2 is 2.20 bits per heavy atom. The summed E-state index contributed by atoms with van der Waals surface area (Å²) in [6, 6.07) is 0.547. The molecule has 15 heavy (non-hydrogen) atoms. The lowest BCUT2D eigenvalue weighted by atomic mass is 10.00. The Kier molecular flexibility index (Phi) is 4.97. The van der Waals surface area contributed by atoms with Gasteiger partial charge in [0.15, 0.2) is 5.17 Å². The summed E-state index contributed by atoms with van der Waals surface area (Å²) in [5.41, 5.74) is 0.191. The number of rotatable bonds is 4. The third-order valence-electron chi connectivity index (χ3n) is 2.78. The third-order valence-corrected chi connectivity index (χ3v) is 3.70. The highest BCUT2D eigenvalue weighted by Gasteiger charge is 2.21. The first-order valence-corrected chi connectivity index (χ1v) is 7.04. The van der Waals surface area contributed by atoms with Gasteiger partial charge in [0.2, 0.25) is 0 Å². The first-order chi connectivity index (χ1) is 7.07. The molecule has 88 valence electrons. The van der Waals surface area contributed by atoms with Gasteiger partial charge in [-0.25, -0.2) is 0 Å². The molecule has 1 atom stereocenters. The maximum Gasteiger partial charge on any atom is 0.157 e. The number of aliphatic imine (C=N–C) groups is 1. The zero-order valence-corrected chi connectivity index (χ0v) is 11.3. The molecular weight excluding hydrogens is 204 g/mol. The molecule has 0 saturated carbocycles. The number of amidine groups is 1. The largest absolute Gasteiger partial charge is 0.360 e. The Bertz CT molecular complexity index is 224. The lowest BCUT2D eigenvalue weighted by Gasteiger charge is -2.30. The van der Waals surface area contributed by atoms with Gasteiger partial charge in [0.25, 0.3) is 0 Å². The highest BCUT2D eigenvalue weighted by Crippen LogP contribution is 2.21. The van der Waals surface area contributed by atoms with Crippen molar-refractivity contribution in [2.75, 3.05) is 5.75 Å². The Balaban J connectivity index is 2.53. The van der Waals surface area contributed by atoms with Gasteiger partial charge in [-0.05, 0) is 33.1 Å². The molecule has 0 spiro atoms. The second-order valence-electron chi connectivity index (χ2n) is 4.89. The number of hydrogen-bond donors (Lipinski definition) is 1. The van der Waals surface area contributed by atoms with Crippen molar-refractivity contribution in [3.05, 3.63) is 0 Å². The molecule has 0 aromatic heterocycles. The molecule has 0 radical (unpaired) electrons. The van der Waals surface area contributed by atoms with E-state index in [0.717, 1.165) is 5.17 Å². The van der Waals surface area contributed by atoms with E-state index in [1.807, 2.05) is 11.8 Å². The molecule has 0 aromatic rings. The molecule has 0 aliphatic carbocycles. The molecule has 1 unspecified atom stereocenters. The topological polar surface area (TPSA) is 24.4 Å². The van der Waals surface area contributed by atoms with E-state index in [0.29, 0.717) is 6.04 Å². The summed E-state index contributed by atoms with van der Waals surface area (Å²) in [5.74, 6) is 1.21. The van der Waals surface area contributed by atoms with E-state index in [4.69, 9.17) is 4.99 Å². The minimum absolute atomic E-state index is 0.191. The van der Waals surface area contributed by atoms with Crippen LogP contribution in [0.3, 0.4) is 0 Å². The van der Waals surface area contributed by atoms with Crippen LogP contribution in [0.2, 0.25) is 0 Å². The lowest BCUT2D eigenvalue weighted by molar-refractivity contribution is 0.421. The van der Waals surface area contributed by atoms with E-state index in [1.54, 1.807) is 0 Å². The average Bonchev–Trinajstić information content (AvgIpc) is 2.17. The minimum Gasteiger partial charge on any atom is -0.360 e. The van der Waals surface area contributed by atoms with Gasteiger partial charge in [0.1, 0.15) is 0 Å². The summed E-state index contributed by atoms with van der Waals surface area (Å²) >= 11 is 1.87. The Labute approximate surface area is 98.3 Å². The predicted octanol–water partition coefficient (Wildman–Crippen LogP) is 3.43. The van der Waals surface area contributed by atoms with E-state index < -0.39 is 0 Å². The van der Waals surface area contributed by atoms with Gasteiger partial charge >= 0.3 is 0 Å². The number of thioether (sulfide) groups is 1. The molecule has 1 N–H and O–H groups in total. The van der Waals surface area contributed by atoms with Gasteiger partial charge in [-0.15, -0.1) is 0 Å².